The Hall–Kier alpha value is -2.17. The van der Waals surface area contributed by atoms with Crippen LogP contribution in [0.15, 0.2) is 48.5 Å². The van der Waals surface area contributed by atoms with Crippen LogP contribution in [0.2, 0.25) is 5.02 Å². The fraction of sp³-hybridized carbons (Fsp3) is 0.222. The van der Waals surface area contributed by atoms with E-state index in [9.17, 15) is 0 Å². The Labute approximate surface area is 140 Å². The highest BCUT2D eigenvalue weighted by Gasteiger charge is 2.18. The normalized spacial score (nSPS) is 16.7. The standard InChI is InChI=1S/C18H18ClNO3/c1-21-17-8-3-12(10-18(17)22-2)9-15-11-16(20-23-15)13-4-6-14(19)7-5-13/h3-8,10-11,15,20H,9H2,1-2H3. The molecule has 5 heteroatoms. The number of hydroxylamine groups is 1. The highest BCUT2D eigenvalue weighted by molar-refractivity contribution is 6.30. The third-order valence-corrected chi connectivity index (χ3v) is 3.96. The molecule has 0 saturated heterocycles. The number of nitrogens with one attached hydrogen (secondary N) is 1. The quantitative estimate of drug-likeness (QED) is 0.903. The molecule has 0 amide bonds. The second kappa shape index (κ2) is 6.94. The van der Waals surface area contributed by atoms with Crippen LogP contribution >= 0.6 is 11.6 Å². The SMILES string of the molecule is COc1ccc(CC2C=C(c3ccc(Cl)cc3)NO2)cc1OC. The molecule has 0 aromatic heterocycles. The Bertz CT molecular complexity index is 713. The van der Waals surface area contributed by atoms with E-state index >= 15 is 0 Å². The number of hydrogen-bond acceptors (Lipinski definition) is 4. The maximum Gasteiger partial charge on any atom is 0.160 e. The molecule has 0 radical (unpaired) electrons. The molecule has 2 aromatic carbocycles. The molecule has 1 heterocycles. The van der Waals surface area contributed by atoms with Crippen LogP contribution in [0.4, 0.5) is 0 Å². The molecular formula is C18H18ClNO3. The molecule has 1 unspecified atom stereocenters. The Morgan fingerprint density at radius 3 is 2.48 bits per heavy atom. The number of methoxy groups -OCH3 is 2. The summed E-state index contributed by atoms with van der Waals surface area (Å²) in [6.07, 6.45) is 2.77. The van der Waals surface area contributed by atoms with E-state index in [0.29, 0.717) is 0 Å². The van der Waals surface area contributed by atoms with Crippen molar-refractivity contribution in [3.8, 4) is 11.5 Å². The number of halogens is 1. The Morgan fingerprint density at radius 2 is 1.78 bits per heavy atom. The average Bonchev–Trinajstić information content (AvgIpc) is 3.04. The maximum atomic E-state index is 5.91. The van der Waals surface area contributed by atoms with E-state index in [4.69, 9.17) is 25.9 Å². The fourth-order valence-corrected chi connectivity index (χ4v) is 2.64. The molecule has 3 rings (SSSR count). The lowest BCUT2D eigenvalue weighted by Crippen LogP contribution is -2.14. The number of benzene rings is 2. The van der Waals surface area contributed by atoms with E-state index in [2.05, 4.69) is 11.6 Å². The lowest BCUT2D eigenvalue weighted by atomic mass is 10.1. The average molecular weight is 332 g/mol. The van der Waals surface area contributed by atoms with Crippen molar-refractivity contribution in [3.63, 3.8) is 0 Å². The van der Waals surface area contributed by atoms with E-state index in [1.54, 1.807) is 14.2 Å². The van der Waals surface area contributed by atoms with Gasteiger partial charge < -0.3 is 9.47 Å². The molecule has 23 heavy (non-hydrogen) atoms. The summed E-state index contributed by atoms with van der Waals surface area (Å²) in [7, 11) is 3.26. The second-order valence-electron chi connectivity index (χ2n) is 5.24. The Kier molecular flexibility index (Phi) is 4.74. The summed E-state index contributed by atoms with van der Waals surface area (Å²) in [6.45, 7) is 0. The summed E-state index contributed by atoms with van der Waals surface area (Å²) in [5.74, 6) is 1.44. The minimum atomic E-state index is -0.0428. The first kappa shape index (κ1) is 15.7. The first-order valence-electron chi connectivity index (χ1n) is 7.30. The van der Waals surface area contributed by atoms with Crippen molar-refractivity contribution in [1.29, 1.82) is 0 Å². The van der Waals surface area contributed by atoms with Crippen LogP contribution in [0.3, 0.4) is 0 Å². The summed E-state index contributed by atoms with van der Waals surface area (Å²) < 4.78 is 10.6. The maximum absolute atomic E-state index is 5.91. The van der Waals surface area contributed by atoms with Crippen molar-refractivity contribution in [1.82, 2.24) is 5.48 Å². The second-order valence-corrected chi connectivity index (χ2v) is 5.68. The molecule has 1 atom stereocenters. The molecule has 4 nitrogen and oxygen atoms in total. The zero-order valence-corrected chi connectivity index (χ0v) is 13.8. The summed E-state index contributed by atoms with van der Waals surface area (Å²) >= 11 is 5.91. The highest BCUT2D eigenvalue weighted by Crippen LogP contribution is 2.29. The third kappa shape index (κ3) is 3.60. The van der Waals surface area contributed by atoms with Gasteiger partial charge in [-0.2, -0.15) is 0 Å². The van der Waals surface area contributed by atoms with Crippen LogP contribution in [-0.4, -0.2) is 20.3 Å². The summed E-state index contributed by atoms with van der Waals surface area (Å²) in [5.41, 5.74) is 6.09. The van der Waals surface area contributed by atoms with Crippen molar-refractivity contribution in [2.24, 2.45) is 0 Å². The molecule has 0 saturated carbocycles. The summed E-state index contributed by atoms with van der Waals surface area (Å²) in [4.78, 5) is 5.64. The first-order chi connectivity index (χ1) is 11.2. The van der Waals surface area contributed by atoms with Gasteiger partial charge in [-0.25, -0.2) is 0 Å². The van der Waals surface area contributed by atoms with Crippen LogP contribution in [0.5, 0.6) is 11.5 Å². The highest BCUT2D eigenvalue weighted by atomic mass is 35.5. The van der Waals surface area contributed by atoms with E-state index in [1.807, 2.05) is 42.5 Å². The van der Waals surface area contributed by atoms with Crippen LogP contribution in [0.25, 0.3) is 5.70 Å². The Morgan fingerprint density at radius 1 is 1.04 bits per heavy atom. The molecule has 0 bridgehead atoms. The lowest BCUT2D eigenvalue weighted by Gasteiger charge is -2.11. The van der Waals surface area contributed by atoms with Gasteiger partial charge in [-0.05, 0) is 41.5 Å². The molecule has 1 N–H and O–H groups in total. The largest absolute Gasteiger partial charge is 0.493 e. The van der Waals surface area contributed by atoms with Crippen molar-refractivity contribution in [2.75, 3.05) is 14.2 Å². The van der Waals surface area contributed by atoms with Crippen molar-refractivity contribution in [3.05, 3.63) is 64.7 Å². The van der Waals surface area contributed by atoms with Crippen molar-refractivity contribution >= 4 is 17.3 Å². The van der Waals surface area contributed by atoms with Crippen molar-refractivity contribution in [2.45, 2.75) is 12.5 Å². The monoisotopic (exact) mass is 331 g/mol. The topological polar surface area (TPSA) is 39.7 Å². The molecule has 1 aliphatic heterocycles. The van der Waals surface area contributed by atoms with Gasteiger partial charge in [-0.3, -0.25) is 10.3 Å². The lowest BCUT2D eigenvalue weighted by molar-refractivity contribution is 0.0519. The molecule has 0 spiro atoms. The first-order valence-corrected chi connectivity index (χ1v) is 7.67. The van der Waals surface area contributed by atoms with Gasteiger partial charge in [0.15, 0.2) is 11.5 Å². The van der Waals surface area contributed by atoms with Gasteiger partial charge in [0, 0.05) is 11.4 Å². The number of rotatable bonds is 5. The van der Waals surface area contributed by atoms with Gasteiger partial charge in [0.2, 0.25) is 0 Å². The minimum absolute atomic E-state index is 0.0428. The van der Waals surface area contributed by atoms with Gasteiger partial charge in [0.1, 0.15) is 6.10 Å². The van der Waals surface area contributed by atoms with E-state index in [1.165, 1.54) is 0 Å². The third-order valence-electron chi connectivity index (χ3n) is 3.71. The molecule has 120 valence electrons. The van der Waals surface area contributed by atoms with Crippen molar-refractivity contribution < 1.29 is 14.3 Å². The molecule has 0 fully saturated rings. The summed E-state index contributed by atoms with van der Waals surface area (Å²) in [6, 6.07) is 13.5. The van der Waals surface area contributed by atoms with Crippen LogP contribution in [-0.2, 0) is 11.3 Å². The Balaban J connectivity index is 1.73. The number of hydrogen-bond donors (Lipinski definition) is 1. The zero-order chi connectivity index (χ0) is 16.2. The van der Waals surface area contributed by atoms with Crippen LogP contribution in [0, 0.1) is 0 Å². The molecule has 1 aliphatic rings. The summed E-state index contributed by atoms with van der Waals surface area (Å²) in [5, 5.41) is 0.718. The molecular weight excluding hydrogens is 314 g/mol. The van der Waals surface area contributed by atoms with Crippen LogP contribution in [0.1, 0.15) is 11.1 Å². The molecule has 0 aliphatic carbocycles. The van der Waals surface area contributed by atoms with Gasteiger partial charge in [0.05, 0.1) is 19.9 Å². The van der Waals surface area contributed by atoms with E-state index < -0.39 is 0 Å². The van der Waals surface area contributed by atoms with Gasteiger partial charge in [-0.15, -0.1) is 0 Å². The van der Waals surface area contributed by atoms with Gasteiger partial charge in [-0.1, -0.05) is 29.8 Å². The van der Waals surface area contributed by atoms with E-state index in [-0.39, 0.29) is 6.10 Å². The zero-order valence-electron chi connectivity index (χ0n) is 13.0. The number of ether oxygens (including phenoxy) is 2. The van der Waals surface area contributed by atoms with Crippen LogP contribution < -0.4 is 15.0 Å². The van der Waals surface area contributed by atoms with Gasteiger partial charge in [0.25, 0.3) is 0 Å². The predicted molar refractivity (Wildman–Crippen MR) is 90.7 cm³/mol. The predicted octanol–water partition coefficient (Wildman–Crippen LogP) is 3.84. The van der Waals surface area contributed by atoms with Gasteiger partial charge >= 0.3 is 0 Å². The fourth-order valence-electron chi connectivity index (χ4n) is 2.52. The smallest absolute Gasteiger partial charge is 0.160 e. The van der Waals surface area contributed by atoms with E-state index in [0.717, 1.165) is 39.8 Å². The minimum Gasteiger partial charge on any atom is -0.493 e. The molecule has 2 aromatic rings.